The van der Waals surface area contributed by atoms with Crippen molar-refractivity contribution in [3.8, 4) is 0 Å². The van der Waals surface area contributed by atoms with Crippen molar-refractivity contribution in [2.75, 3.05) is 20.7 Å². The quantitative estimate of drug-likeness (QED) is 0.655. The molecule has 0 saturated carbocycles. The molecule has 1 aromatic rings. The molecule has 9 nitrogen and oxygen atoms in total. The third-order valence-corrected chi connectivity index (χ3v) is 3.76. The molecule has 0 aliphatic heterocycles. The summed E-state index contributed by atoms with van der Waals surface area (Å²) in [5.41, 5.74) is 0. The van der Waals surface area contributed by atoms with Crippen molar-refractivity contribution >= 4 is 16.2 Å². The van der Waals surface area contributed by atoms with Crippen molar-refractivity contribution < 1.29 is 22.5 Å². The molecule has 0 aliphatic carbocycles. The van der Waals surface area contributed by atoms with E-state index in [1.165, 1.54) is 14.2 Å². The van der Waals surface area contributed by atoms with Gasteiger partial charge in [0.1, 0.15) is 0 Å². The fourth-order valence-electron chi connectivity index (χ4n) is 1.15. The second-order valence-corrected chi connectivity index (χ2v) is 5.57. The van der Waals surface area contributed by atoms with Gasteiger partial charge in [-0.05, 0) is 6.92 Å². The van der Waals surface area contributed by atoms with Crippen LogP contribution in [0.15, 0.2) is 4.52 Å². The smallest absolute Gasteiger partial charge is 0.306 e. The van der Waals surface area contributed by atoms with Crippen molar-refractivity contribution in [1.82, 2.24) is 19.2 Å². The summed E-state index contributed by atoms with van der Waals surface area (Å²) in [4.78, 5) is 14.8. The predicted octanol–water partition coefficient (Wildman–Crippen LogP) is -0.793. The molecule has 0 aliphatic rings. The Morgan fingerprint density at radius 1 is 1.53 bits per heavy atom. The number of carbonyl (C=O) groups is 1. The van der Waals surface area contributed by atoms with Gasteiger partial charge in [0.15, 0.2) is 5.82 Å². The first-order chi connectivity index (χ1) is 8.85. The van der Waals surface area contributed by atoms with Crippen molar-refractivity contribution in [3.05, 3.63) is 11.7 Å². The van der Waals surface area contributed by atoms with Gasteiger partial charge in [-0.15, -0.1) is 0 Å². The molecular weight excluding hydrogens is 276 g/mol. The number of methoxy groups -OCH3 is 1. The second-order valence-electron chi connectivity index (χ2n) is 3.71. The van der Waals surface area contributed by atoms with Crippen molar-refractivity contribution in [2.45, 2.75) is 19.9 Å². The molecule has 0 fully saturated rings. The van der Waals surface area contributed by atoms with Crippen LogP contribution < -0.4 is 4.72 Å². The zero-order valence-corrected chi connectivity index (χ0v) is 11.7. The van der Waals surface area contributed by atoms with Crippen LogP contribution >= 0.6 is 0 Å². The van der Waals surface area contributed by atoms with E-state index in [0.717, 1.165) is 4.31 Å². The number of ether oxygens (including phenoxy) is 1. The Bertz CT molecular complexity index is 526. The van der Waals surface area contributed by atoms with Gasteiger partial charge in [0.05, 0.1) is 20.1 Å². The van der Waals surface area contributed by atoms with E-state index in [1.807, 2.05) is 0 Å². The number of hydrogen-bond donors (Lipinski definition) is 1. The number of nitrogens with one attached hydrogen (secondary N) is 1. The Balaban J connectivity index is 2.48. The number of hydrogen-bond acceptors (Lipinski definition) is 7. The molecule has 0 radical (unpaired) electrons. The summed E-state index contributed by atoms with van der Waals surface area (Å²) < 4.78 is 36.1. The van der Waals surface area contributed by atoms with Crippen LogP contribution in [0.25, 0.3) is 0 Å². The molecule has 1 rings (SSSR count). The molecular formula is C9H16N4O5S. The number of esters is 1. The van der Waals surface area contributed by atoms with Crippen LogP contribution in [0.1, 0.15) is 18.1 Å². The highest BCUT2D eigenvalue weighted by Gasteiger charge is 2.19. The average molecular weight is 292 g/mol. The van der Waals surface area contributed by atoms with Crippen LogP contribution in [0.2, 0.25) is 0 Å². The summed E-state index contributed by atoms with van der Waals surface area (Å²) in [6.45, 7) is 1.54. The summed E-state index contributed by atoms with van der Waals surface area (Å²) in [7, 11) is -1.11. The molecule has 0 amide bonds. The maximum absolute atomic E-state index is 11.8. The van der Waals surface area contributed by atoms with E-state index in [0.29, 0.717) is 5.82 Å². The van der Waals surface area contributed by atoms with Crippen LogP contribution in [-0.4, -0.2) is 49.5 Å². The Kier molecular flexibility index (Phi) is 5.39. The fourth-order valence-corrected chi connectivity index (χ4v) is 2.00. The van der Waals surface area contributed by atoms with Crippen LogP contribution in [0, 0.1) is 6.92 Å². The monoisotopic (exact) mass is 292 g/mol. The lowest BCUT2D eigenvalue weighted by atomic mass is 10.4. The Morgan fingerprint density at radius 2 is 2.21 bits per heavy atom. The first-order valence-corrected chi connectivity index (χ1v) is 6.86. The van der Waals surface area contributed by atoms with Gasteiger partial charge >= 0.3 is 5.97 Å². The average Bonchev–Trinajstić information content (AvgIpc) is 2.79. The molecule has 19 heavy (non-hydrogen) atoms. The Labute approximate surface area is 111 Å². The minimum Gasteiger partial charge on any atom is -0.469 e. The molecule has 108 valence electrons. The molecule has 0 saturated heterocycles. The van der Waals surface area contributed by atoms with E-state index >= 15 is 0 Å². The van der Waals surface area contributed by atoms with Gasteiger partial charge in [-0.2, -0.15) is 22.4 Å². The fraction of sp³-hybridized carbons (Fsp3) is 0.667. The molecule has 0 bridgehead atoms. The van der Waals surface area contributed by atoms with Gasteiger partial charge in [-0.1, -0.05) is 5.16 Å². The van der Waals surface area contributed by atoms with Gasteiger partial charge in [0, 0.05) is 13.6 Å². The molecule has 1 aromatic heterocycles. The molecule has 1 N–H and O–H groups in total. The summed E-state index contributed by atoms with van der Waals surface area (Å²) in [6.07, 6.45) is -0.0203. The van der Waals surface area contributed by atoms with Gasteiger partial charge in [0.2, 0.25) is 5.89 Å². The van der Waals surface area contributed by atoms with Crippen LogP contribution in [0.3, 0.4) is 0 Å². The standard InChI is InChI=1S/C9H16N4O5S/c1-7-11-8(18-12-7)6-10-19(15,16)13(2)5-4-9(14)17-3/h10H,4-6H2,1-3H3. The lowest BCUT2D eigenvalue weighted by Crippen LogP contribution is -2.39. The molecule has 1 heterocycles. The van der Waals surface area contributed by atoms with Gasteiger partial charge in [0.25, 0.3) is 10.2 Å². The normalized spacial score (nSPS) is 11.8. The van der Waals surface area contributed by atoms with E-state index in [4.69, 9.17) is 4.52 Å². The summed E-state index contributed by atoms with van der Waals surface area (Å²) >= 11 is 0. The SMILES string of the molecule is COC(=O)CCN(C)S(=O)(=O)NCc1nc(C)no1. The molecule has 0 spiro atoms. The van der Waals surface area contributed by atoms with Crippen molar-refractivity contribution in [2.24, 2.45) is 0 Å². The number of aryl methyl sites for hydroxylation is 1. The van der Waals surface area contributed by atoms with E-state index in [2.05, 4.69) is 19.6 Å². The van der Waals surface area contributed by atoms with E-state index in [9.17, 15) is 13.2 Å². The highest BCUT2D eigenvalue weighted by molar-refractivity contribution is 7.87. The topological polar surface area (TPSA) is 115 Å². The highest BCUT2D eigenvalue weighted by Crippen LogP contribution is 2.00. The largest absolute Gasteiger partial charge is 0.469 e. The van der Waals surface area contributed by atoms with Crippen molar-refractivity contribution in [3.63, 3.8) is 0 Å². The van der Waals surface area contributed by atoms with Gasteiger partial charge in [-0.3, -0.25) is 4.79 Å². The van der Waals surface area contributed by atoms with E-state index in [1.54, 1.807) is 6.92 Å². The lowest BCUT2D eigenvalue weighted by molar-refractivity contribution is -0.140. The summed E-state index contributed by atoms with van der Waals surface area (Å²) in [5.74, 6) is 0.116. The van der Waals surface area contributed by atoms with E-state index in [-0.39, 0.29) is 25.4 Å². The molecule has 0 aromatic carbocycles. The maximum Gasteiger partial charge on any atom is 0.306 e. The highest BCUT2D eigenvalue weighted by atomic mass is 32.2. The third kappa shape index (κ3) is 4.93. The number of rotatable bonds is 7. The van der Waals surface area contributed by atoms with Gasteiger partial charge in [-0.25, -0.2) is 0 Å². The summed E-state index contributed by atoms with van der Waals surface area (Å²) in [5, 5.41) is 3.54. The van der Waals surface area contributed by atoms with E-state index < -0.39 is 16.2 Å². The molecule has 0 atom stereocenters. The van der Waals surface area contributed by atoms with Gasteiger partial charge < -0.3 is 9.26 Å². The number of aromatic nitrogens is 2. The zero-order chi connectivity index (χ0) is 14.5. The lowest BCUT2D eigenvalue weighted by Gasteiger charge is -2.16. The zero-order valence-electron chi connectivity index (χ0n) is 10.9. The number of nitrogens with zero attached hydrogens (tertiary/aromatic N) is 3. The minimum absolute atomic E-state index is 0.0187. The third-order valence-electron chi connectivity index (χ3n) is 2.24. The number of carbonyl (C=O) groups excluding carboxylic acids is 1. The summed E-state index contributed by atoms with van der Waals surface area (Å²) in [6, 6.07) is 0. The first kappa shape index (κ1) is 15.5. The Morgan fingerprint density at radius 3 is 2.74 bits per heavy atom. The molecule has 0 unspecified atom stereocenters. The first-order valence-electron chi connectivity index (χ1n) is 5.42. The maximum atomic E-state index is 11.8. The van der Waals surface area contributed by atoms with Crippen LogP contribution in [0.5, 0.6) is 0 Å². The van der Waals surface area contributed by atoms with Crippen LogP contribution in [-0.2, 0) is 26.3 Å². The minimum atomic E-state index is -3.71. The second kappa shape index (κ2) is 6.59. The van der Waals surface area contributed by atoms with Crippen LogP contribution in [0.4, 0.5) is 0 Å². The van der Waals surface area contributed by atoms with Crippen molar-refractivity contribution in [1.29, 1.82) is 0 Å². The predicted molar refractivity (Wildman–Crippen MR) is 64.1 cm³/mol. The molecule has 10 heteroatoms. The Hall–Kier alpha value is -1.52.